The van der Waals surface area contributed by atoms with Crippen molar-refractivity contribution in [2.45, 2.75) is 71.1 Å². The maximum Gasteiger partial charge on any atom is 0.303 e. The Kier molecular flexibility index (Phi) is 16.2. The van der Waals surface area contributed by atoms with Crippen LogP contribution in [0.15, 0.2) is 48.6 Å². The number of unbranched alkanes of at least 4 members (excludes halogenated alkanes) is 4. The van der Waals surface area contributed by atoms with Crippen LogP contribution in [0.1, 0.15) is 71.1 Å². The quantitative estimate of drug-likeness (QED) is 0.305. The molecule has 0 aliphatic heterocycles. The molecule has 22 heavy (non-hydrogen) atoms. The van der Waals surface area contributed by atoms with Gasteiger partial charge in [0.15, 0.2) is 0 Å². The number of carboxylic acid groups (broad SMARTS) is 1. The molecular formula is C20H32O2. The highest BCUT2D eigenvalue weighted by molar-refractivity contribution is 5.66. The third-order valence-corrected chi connectivity index (χ3v) is 3.22. The van der Waals surface area contributed by atoms with Crippen LogP contribution in [0, 0.1) is 0 Å². The second-order valence-corrected chi connectivity index (χ2v) is 5.37. The molecule has 0 unspecified atom stereocenters. The summed E-state index contributed by atoms with van der Waals surface area (Å²) in [5.74, 6) is -0.712. The first-order chi connectivity index (χ1) is 10.8. The van der Waals surface area contributed by atoms with E-state index in [0.717, 1.165) is 32.1 Å². The minimum absolute atomic E-state index is 0.262. The van der Waals surface area contributed by atoms with Crippen molar-refractivity contribution in [2.75, 3.05) is 0 Å². The Morgan fingerprint density at radius 3 is 1.64 bits per heavy atom. The van der Waals surface area contributed by atoms with Crippen molar-refractivity contribution in [3.63, 3.8) is 0 Å². The Morgan fingerprint density at radius 2 is 1.18 bits per heavy atom. The number of carboxylic acids is 1. The van der Waals surface area contributed by atoms with E-state index in [1.807, 2.05) is 0 Å². The lowest BCUT2D eigenvalue weighted by Crippen LogP contribution is -1.92. The van der Waals surface area contributed by atoms with E-state index < -0.39 is 5.97 Å². The summed E-state index contributed by atoms with van der Waals surface area (Å²) in [4.78, 5) is 10.3. The van der Waals surface area contributed by atoms with Gasteiger partial charge in [-0.3, -0.25) is 4.79 Å². The smallest absolute Gasteiger partial charge is 0.303 e. The van der Waals surface area contributed by atoms with Gasteiger partial charge >= 0.3 is 5.97 Å². The molecule has 0 bridgehead atoms. The fourth-order valence-electron chi connectivity index (χ4n) is 1.93. The van der Waals surface area contributed by atoms with E-state index in [-0.39, 0.29) is 6.42 Å². The first-order valence-electron chi connectivity index (χ1n) is 8.59. The number of hydrogen-bond donors (Lipinski definition) is 1. The molecule has 0 radical (unpaired) electrons. The second-order valence-electron chi connectivity index (χ2n) is 5.37. The van der Waals surface area contributed by atoms with E-state index in [1.54, 1.807) is 0 Å². The SMILES string of the molecule is CCCCC/C=C/C/C=C\C/C=C\C/C=C/CCCC(=O)O. The highest BCUT2D eigenvalue weighted by Gasteiger charge is 1.92. The molecule has 2 nitrogen and oxygen atoms in total. The molecule has 0 amide bonds. The first kappa shape index (κ1) is 20.4. The zero-order chi connectivity index (χ0) is 16.3. The Hall–Kier alpha value is -1.57. The highest BCUT2D eigenvalue weighted by Crippen LogP contribution is 2.01. The van der Waals surface area contributed by atoms with Crippen molar-refractivity contribution in [3.05, 3.63) is 48.6 Å². The molecule has 0 saturated carbocycles. The molecule has 0 aliphatic rings. The van der Waals surface area contributed by atoms with Gasteiger partial charge < -0.3 is 5.11 Å². The lowest BCUT2D eigenvalue weighted by Gasteiger charge is -1.90. The number of aliphatic carboxylic acids is 1. The number of hydrogen-bond acceptors (Lipinski definition) is 1. The topological polar surface area (TPSA) is 37.3 Å². The van der Waals surface area contributed by atoms with E-state index in [0.29, 0.717) is 0 Å². The van der Waals surface area contributed by atoms with Crippen molar-refractivity contribution in [2.24, 2.45) is 0 Å². The Bertz CT molecular complexity index is 362. The van der Waals surface area contributed by atoms with Crippen molar-refractivity contribution in [1.29, 1.82) is 0 Å². The average molecular weight is 304 g/mol. The number of carbonyl (C=O) groups is 1. The van der Waals surface area contributed by atoms with Gasteiger partial charge in [-0.05, 0) is 44.9 Å². The van der Waals surface area contributed by atoms with E-state index in [1.165, 1.54) is 25.7 Å². The Morgan fingerprint density at radius 1 is 0.727 bits per heavy atom. The summed E-state index contributed by atoms with van der Waals surface area (Å²) >= 11 is 0. The minimum Gasteiger partial charge on any atom is -0.481 e. The van der Waals surface area contributed by atoms with Crippen LogP contribution in [0.4, 0.5) is 0 Å². The molecule has 0 aromatic rings. The van der Waals surface area contributed by atoms with Crippen molar-refractivity contribution in [3.8, 4) is 0 Å². The molecule has 1 N–H and O–H groups in total. The summed E-state index contributed by atoms with van der Waals surface area (Å²) in [6.07, 6.45) is 27.3. The first-order valence-corrected chi connectivity index (χ1v) is 8.59. The molecular weight excluding hydrogens is 272 g/mol. The van der Waals surface area contributed by atoms with Gasteiger partial charge in [0.05, 0.1) is 0 Å². The third kappa shape index (κ3) is 18.4. The maximum atomic E-state index is 10.3. The molecule has 0 heterocycles. The second kappa shape index (κ2) is 17.5. The van der Waals surface area contributed by atoms with Gasteiger partial charge in [-0.2, -0.15) is 0 Å². The summed E-state index contributed by atoms with van der Waals surface area (Å²) in [5, 5.41) is 8.49. The summed E-state index contributed by atoms with van der Waals surface area (Å²) in [7, 11) is 0. The molecule has 0 aliphatic carbocycles. The summed E-state index contributed by atoms with van der Waals surface area (Å²) in [5.41, 5.74) is 0. The van der Waals surface area contributed by atoms with Crippen molar-refractivity contribution >= 4 is 5.97 Å². The van der Waals surface area contributed by atoms with Crippen LogP contribution in [0.2, 0.25) is 0 Å². The molecule has 0 saturated heterocycles. The van der Waals surface area contributed by atoms with Gasteiger partial charge in [-0.1, -0.05) is 68.4 Å². The van der Waals surface area contributed by atoms with E-state index >= 15 is 0 Å². The van der Waals surface area contributed by atoms with Crippen LogP contribution in [0.3, 0.4) is 0 Å². The van der Waals surface area contributed by atoms with E-state index in [9.17, 15) is 4.79 Å². The molecule has 0 rings (SSSR count). The number of rotatable bonds is 14. The van der Waals surface area contributed by atoms with Crippen LogP contribution in [0.5, 0.6) is 0 Å². The van der Waals surface area contributed by atoms with Gasteiger partial charge in [-0.25, -0.2) is 0 Å². The molecule has 2 heteroatoms. The zero-order valence-electron chi connectivity index (χ0n) is 14.0. The molecule has 0 aromatic heterocycles. The third-order valence-electron chi connectivity index (χ3n) is 3.22. The lowest BCUT2D eigenvalue weighted by molar-refractivity contribution is -0.137. The Labute approximate surface area is 136 Å². The standard InChI is InChI=1S/C20H32O2/c1-2-3-4-5-6-7-8-9-10-11-12-13-14-15-16-17-18-19-20(21)22/h6-7,9-10,12-13,15-16H,2-5,8,11,14,17-19H2,1H3,(H,21,22)/b7-6+,10-9-,13-12-,16-15+. The fourth-order valence-corrected chi connectivity index (χ4v) is 1.93. The van der Waals surface area contributed by atoms with Gasteiger partial charge in [-0.15, -0.1) is 0 Å². The molecule has 0 fully saturated rings. The predicted octanol–water partition coefficient (Wildman–Crippen LogP) is 6.22. The monoisotopic (exact) mass is 304 g/mol. The van der Waals surface area contributed by atoms with Gasteiger partial charge in [0.1, 0.15) is 0 Å². The predicted molar refractivity (Wildman–Crippen MR) is 96.0 cm³/mol. The van der Waals surface area contributed by atoms with Gasteiger partial charge in [0.2, 0.25) is 0 Å². The van der Waals surface area contributed by atoms with Crippen molar-refractivity contribution < 1.29 is 9.90 Å². The summed E-state index contributed by atoms with van der Waals surface area (Å²) in [6.45, 7) is 2.23. The van der Waals surface area contributed by atoms with Crippen LogP contribution in [-0.4, -0.2) is 11.1 Å². The highest BCUT2D eigenvalue weighted by atomic mass is 16.4. The Balaban J connectivity index is 3.40. The molecule has 0 aromatic carbocycles. The zero-order valence-corrected chi connectivity index (χ0v) is 14.0. The fraction of sp³-hybridized carbons (Fsp3) is 0.550. The maximum absolute atomic E-state index is 10.3. The van der Waals surface area contributed by atoms with Crippen LogP contribution < -0.4 is 0 Å². The summed E-state index contributed by atoms with van der Waals surface area (Å²) in [6, 6.07) is 0. The largest absolute Gasteiger partial charge is 0.481 e. The molecule has 0 spiro atoms. The minimum atomic E-state index is -0.712. The normalized spacial score (nSPS) is 12.4. The van der Waals surface area contributed by atoms with Gasteiger partial charge in [0, 0.05) is 6.42 Å². The van der Waals surface area contributed by atoms with Crippen molar-refractivity contribution in [1.82, 2.24) is 0 Å². The van der Waals surface area contributed by atoms with E-state index in [2.05, 4.69) is 55.5 Å². The van der Waals surface area contributed by atoms with E-state index in [4.69, 9.17) is 5.11 Å². The molecule has 0 atom stereocenters. The lowest BCUT2D eigenvalue weighted by atomic mass is 10.2. The average Bonchev–Trinajstić information content (AvgIpc) is 2.50. The van der Waals surface area contributed by atoms with Crippen LogP contribution in [0.25, 0.3) is 0 Å². The number of allylic oxidation sites excluding steroid dienone is 8. The van der Waals surface area contributed by atoms with Crippen LogP contribution in [-0.2, 0) is 4.79 Å². The molecule has 124 valence electrons. The van der Waals surface area contributed by atoms with Crippen LogP contribution >= 0.6 is 0 Å². The summed E-state index contributed by atoms with van der Waals surface area (Å²) < 4.78 is 0. The van der Waals surface area contributed by atoms with Gasteiger partial charge in [0.25, 0.3) is 0 Å².